The minimum Gasteiger partial charge on any atom is -0.489 e. The van der Waals surface area contributed by atoms with Crippen LogP contribution >= 0.6 is 11.6 Å². The number of aliphatic hydroxyl groups is 1. The molecular weight excluding hydrogens is 370 g/mol. The number of aliphatic carboxylic acids is 1. The van der Waals surface area contributed by atoms with E-state index in [2.05, 4.69) is 0 Å². The van der Waals surface area contributed by atoms with Crippen LogP contribution in [0.2, 0.25) is 5.02 Å². The van der Waals surface area contributed by atoms with Gasteiger partial charge in [0, 0.05) is 36.5 Å². The van der Waals surface area contributed by atoms with E-state index in [0.717, 1.165) is 5.56 Å². The van der Waals surface area contributed by atoms with E-state index in [0.29, 0.717) is 22.9 Å². The Bertz CT molecular complexity index is 829. The van der Waals surface area contributed by atoms with Gasteiger partial charge < -0.3 is 19.8 Å². The summed E-state index contributed by atoms with van der Waals surface area (Å²) in [7, 11) is 0. The van der Waals surface area contributed by atoms with Crippen LogP contribution in [0.3, 0.4) is 0 Å². The number of piperidine rings is 1. The smallest absolute Gasteiger partial charge is 0.335 e. The van der Waals surface area contributed by atoms with E-state index in [9.17, 15) is 14.7 Å². The third-order valence-electron chi connectivity index (χ3n) is 4.68. The zero-order valence-corrected chi connectivity index (χ0v) is 15.4. The first-order valence-corrected chi connectivity index (χ1v) is 8.97. The Hall–Kier alpha value is -2.57. The summed E-state index contributed by atoms with van der Waals surface area (Å²) in [6.45, 7) is 0.735. The molecule has 6 nitrogen and oxygen atoms in total. The number of hydrogen-bond acceptors (Lipinski definition) is 4. The van der Waals surface area contributed by atoms with Crippen molar-refractivity contribution in [3.8, 4) is 5.75 Å². The zero-order valence-electron chi connectivity index (χ0n) is 14.6. The van der Waals surface area contributed by atoms with Gasteiger partial charge in [0.05, 0.1) is 0 Å². The van der Waals surface area contributed by atoms with E-state index in [1.54, 1.807) is 41.3 Å². The first kappa shape index (κ1) is 19.2. The maximum atomic E-state index is 12.7. The Morgan fingerprint density at radius 1 is 1.11 bits per heavy atom. The molecule has 0 unspecified atom stereocenters. The number of ether oxygens (including phenoxy) is 1. The molecule has 0 saturated carbocycles. The van der Waals surface area contributed by atoms with Crippen LogP contribution in [0.15, 0.2) is 48.5 Å². The van der Waals surface area contributed by atoms with E-state index < -0.39 is 11.6 Å². The average Bonchev–Trinajstić information content (AvgIpc) is 2.68. The summed E-state index contributed by atoms with van der Waals surface area (Å²) < 4.78 is 5.74. The average molecular weight is 390 g/mol. The highest BCUT2D eigenvalue weighted by Crippen LogP contribution is 2.24. The second-order valence-electron chi connectivity index (χ2n) is 6.57. The fraction of sp³-hybridized carbons (Fsp3) is 0.300. The highest BCUT2D eigenvalue weighted by Gasteiger charge is 2.40. The van der Waals surface area contributed by atoms with Gasteiger partial charge in [-0.2, -0.15) is 0 Å². The molecule has 1 aliphatic rings. The van der Waals surface area contributed by atoms with E-state index in [-0.39, 0.29) is 31.8 Å². The Kier molecular flexibility index (Phi) is 5.68. The van der Waals surface area contributed by atoms with Gasteiger partial charge in [0.1, 0.15) is 12.4 Å². The van der Waals surface area contributed by atoms with Gasteiger partial charge in [-0.3, -0.25) is 4.79 Å². The van der Waals surface area contributed by atoms with Crippen molar-refractivity contribution in [2.75, 3.05) is 13.1 Å². The van der Waals surface area contributed by atoms with Crippen molar-refractivity contribution in [3.05, 3.63) is 64.7 Å². The van der Waals surface area contributed by atoms with Crippen LogP contribution in [0.25, 0.3) is 0 Å². The summed E-state index contributed by atoms with van der Waals surface area (Å²) in [6.07, 6.45) is 0.0294. The van der Waals surface area contributed by atoms with E-state index in [1.807, 2.05) is 12.1 Å². The van der Waals surface area contributed by atoms with E-state index >= 15 is 0 Å². The van der Waals surface area contributed by atoms with Crippen molar-refractivity contribution in [1.82, 2.24) is 4.90 Å². The van der Waals surface area contributed by atoms with Gasteiger partial charge in [-0.1, -0.05) is 29.8 Å². The predicted octanol–water partition coefficient (Wildman–Crippen LogP) is 2.97. The number of amides is 1. The Morgan fingerprint density at radius 3 is 2.41 bits per heavy atom. The topological polar surface area (TPSA) is 87.1 Å². The number of benzene rings is 2. The van der Waals surface area contributed by atoms with Crippen LogP contribution < -0.4 is 4.74 Å². The predicted molar refractivity (Wildman–Crippen MR) is 99.9 cm³/mol. The third-order valence-corrected chi connectivity index (χ3v) is 4.93. The van der Waals surface area contributed by atoms with Crippen molar-refractivity contribution in [2.45, 2.75) is 25.0 Å². The quantitative estimate of drug-likeness (QED) is 0.820. The molecule has 0 spiro atoms. The molecule has 0 aromatic heterocycles. The molecule has 3 rings (SSSR count). The number of halogens is 1. The molecule has 0 atom stereocenters. The van der Waals surface area contributed by atoms with Crippen molar-refractivity contribution in [2.24, 2.45) is 0 Å². The van der Waals surface area contributed by atoms with E-state index in [1.165, 1.54) is 0 Å². The fourth-order valence-corrected chi connectivity index (χ4v) is 3.07. The van der Waals surface area contributed by atoms with Gasteiger partial charge in [-0.15, -0.1) is 0 Å². The SMILES string of the molecule is O=C(c1cccc(OCc2ccc(Cl)cc2)c1)N1CCC(O)(C(=O)O)CC1. The molecule has 0 aliphatic carbocycles. The van der Waals surface area contributed by atoms with Gasteiger partial charge in [-0.25, -0.2) is 4.79 Å². The van der Waals surface area contributed by atoms with Crippen molar-refractivity contribution >= 4 is 23.5 Å². The summed E-state index contributed by atoms with van der Waals surface area (Å²) in [6, 6.07) is 14.2. The molecule has 1 amide bonds. The summed E-state index contributed by atoms with van der Waals surface area (Å²) in [4.78, 5) is 25.3. The standard InChI is InChI=1S/C20H20ClNO5/c21-16-6-4-14(5-7-16)13-27-17-3-1-2-15(12-17)18(23)22-10-8-20(26,9-11-22)19(24)25/h1-7,12,26H,8-11,13H2,(H,24,25). The Balaban J connectivity index is 1.62. The molecule has 0 radical (unpaired) electrons. The summed E-state index contributed by atoms with van der Waals surface area (Å²) >= 11 is 5.86. The Labute approximate surface area is 161 Å². The van der Waals surface area contributed by atoms with Gasteiger partial charge in [0.15, 0.2) is 5.60 Å². The molecule has 2 aromatic rings. The molecule has 27 heavy (non-hydrogen) atoms. The number of carbonyl (C=O) groups is 2. The molecule has 2 aromatic carbocycles. The minimum atomic E-state index is -1.75. The first-order valence-electron chi connectivity index (χ1n) is 8.60. The number of carboxylic acids is 1. The molecule has 1 saturated heterocycles. The van der Waals surface area contributed by atoms with Gasteiger partial charge in [-0.05, 0) is 35.9 Å². The Morgan fingerprint density at radius 2 is 1.78 bits per heavy atom. The van der Waals surface area contributed by atoms with Crippen molar-refractivity contribution < 1.29 is 24.5 Å². The molecule has 142 valence electrons. The highest BCUT2D eigenvalue weighted by molar-refractivity contribution is 6.30. The maximum Gasteiger partial charge on any atom is 0.335 e. The normalized spacial score (nSPS) is 16.0. The minimum absolute atomic E-state index is 0.0147. The monoisotopic (exact) mass is 389 g/mol. The largest absolute Gasteiger partial charge is 0.489 e. The number of nitrogens with zero attached hydrogens (tertiary/aromatic N) is 1. The molecule has 7 heteroatoms. The van der Waals surface area contributed by atoms with Gasteiger partial charge in [0.2, 0.25) is 0 Å². The second kappa shape index (κ2) is 7.98. The second-order valence-corrected chi connectivity index (χ2v) is 7.01. The molecule has 1 aliphatic heterocycles. The zero-order chi connectivity index (χ0) is 19.4. The lowest BCUT2D eigenvalue weighted by molar-refractivity contribution is -0.162. The third kappa shape index (κ3) is 4.59. The number of likely N-dealkylation sites (tertiary alicyclic amines) is 1. The summed E-state index contributed by atoms with van der Waals surface area (Å²) in [5, 5.41) is 19.7. The number of rotatable bonds is 5. The lowest BCUT2D eigenvalue weighted by Gasteiger charge is -2.35. The van der Waals surface area contributed by atoms with Crippen molar-refractivity contribution in [3.63, 3.8) is 0 Å². The summed E-state index contributed by atoms with van der Waals surface area (Å²) in [5.74, 6) is -0.888. The molecule has 2 N–H and O–H groups in total. The molecular formula is C20H20ClNO5. The summed E-state index contributed by atoms with van der Waals surface area (Å²) in [5.41, 5.74) is -0.329. The van der Waals surface area contributed by atoms with Crippen LogP contribution in [-0.4, -0.2) is 45.7 Å². The van der Waals surface area contributed by atoms with E-state index in [4.69, 9.17) is 21.4 Å². The lowest BCUT2D eigenvalue weighted by atomic mass is 9.91. The van der Waals surface area contributed by atoms with Gasteiger partial charge >= 0.3 is 5.97 Å². The number of carboxylic acid groups (broad SMARTS) is 1. The lowest BCUT2D eigenvalue weighted by Crippen LogP contribution is -2.50. The van der Waals surface area contributed by atoms with Crippen LogP contribution in [0.5, 0.6) is 5.75 Å². The molecule has 0 bridgehead atoms. The number of carbonyl (C=O) groups excluding carboxylic acids is 1. The first-order chi connectivity index (χ1) is 12.9. The van der Waals surface area contributed by atoms with Crippen molar-refractivity contribution in [1.29, 1.82) is 0 Å². The van der Waals surface area contributed by atoms with Crippen LogP contribution in [0.1, 0.15) is 28.8 Å². The van der Waals surface area contributed by atoms with Crippen LogP contribution in [-0.2, 0) is 11.4 Å². The molecule has 1 heterocycles. The fourth-order valence-electron chi connectivity index (χ4n) is 2.94. The van der Waals surface area contributed by atoms with Crippen LogP contribution in [0.4, 0.5) is 0 Å². The highest BCUT2D eigenvalue weighted by atomic mass is 35.5. The number of hydrogen-bond donors (Lipinski definition) is 2. The van der Waals surface area contributed by atoms with Gasteiger partial charge in [0.25, 0.3) is 5.91 Å². The van der Waals surface area contributed by atoms with Crippen LogP contribution in [0, 0.1) is 0 Å². The molecule has 1 fully saturated rings. The maximum absolute atomic E-state index is 12.7.